The van der Waals surface area contributed by atoms with Crippen LogP contribution in [0, 0.1) is 6.92 Å². The van der Waals surface area contributed by atoms with Gasteiger partial charge in [-0.05, 0) is 45.4 Å². The number of ether oxygens (including phenoxy) is 1. The van der Waals surface area contributed by atoms with Crippen LogP contribution in [0.3, 0.4) is 0 Å². The van der Waals surface area contributed by atoms with Crippen LogP contribution in [0.15, 0.2) is 24.3 Å². The van der Waals surface area contributed by atoms with Gasteiger partial charge in [0.1, 0.15) is 5.60 Å². The smallest absolute Gasteiger partial charge is 0.413 e. The van der Waals surface area contributed by atoms with Crippen LogP contribution in [0.5, 0.6) is 0 Å². The first kappa shape index (κ1) is 16.5. The Morgan fingerprint density at radius 3 is 2.57 bits per heavy atom. The van der Waals surface area contributed by atoms with Crippen molar-refractivity contribution in [2.75, 3.05) is 5.32 Å². The number of carbonyl (C=O) groups excluding carboxylic acids is 1. The highest BCUT2D eigenvalue weighted by atomic mass is 16.6. The average Bonchev–Trinajstić information content (AvgIpc) is 2.80. The molecule has 0 spiro atoms. The van der Waals surface area contributed by atoms with Crippen LogP contribution in [-0.4, -0.2) is 37.8 Å². The second-order valence-electron chi connectivity index (χ2n) is 5.97. The molecule has 0 unspecified atom stereocenters. The predicted molar refractivity (Wildman–Crippen MR) is 82.9 cm³/mol. The zero-order valence-electron chi connectivity index (χ0n) is 13.3. The van der Waals surface area contributed by atoms with Crippen molar-refractivity contribution in [2.45, 2.75) is 33.3 Å². The van der Waals surface area contributed by atoms with Crippen molar-refractivity contribution < 1.29 is 19.4 Å². The normalized spacial score (nSPS) is 11.1. The van der Waals surface area contributed by atoms with Gasteiger partial charge in [0.15, 0.2) is 5.82 Å². The van der Waals surface area contributed by atoms with Gasteiger partial charge in [-0.2, -0.15) is 4.68 Å². The molecule has 8 heteroatoms. The van der Waals surface area contributed by atoms with E-state index < -0.39 is 17.7 Å². The number of aromatic nitrogens is 3. The molecule has 1 aromatic carbocycles. The monoisotopic (exact) mass is 318 g/mol. The number of rotatable bonds is 3. The second-order valence-corrected chi connectivity index (χ2v) is 5.97. The Bertz CT molecular complexity index is 746. The Morgan fingerprint density at radius 2 is 2.00 bits per heavy atom. The van der Waals surface area contributed by atoms with Crippen molar-refractivity contribution >= 4 is 17.9 Å². The third-order valence-corrected chi connectivity index (χ3v) is 2.74. The standard InChI is InChI=1S/C15H18N4O4/c1-9-6-5-7-10(8-9)19-12(11(13(20)21)17-18-19)16-14(22)23-15(2,3)4/h5-8H,1-4H3,(H,16,22)(H,20,21). The molecule has 23 heavy (non-hydrogen) atoms. The number of benzene rings is 1. The summed E-state index contributed by atoms with van der Waals surface area (Å²) >= 11 is 0. The van der Waals surface area contributed by atoms with Crippen LogP contribution in [0.4, 0.5) is 10.6 Å². The molecule has 2 rings (SSSR count). The average molecular weight is 318 g/mol. The predicted octanol–water partition coefficient (Wildman–Crippen LogP) is 2.62. The molecule has 2 aromatic rings. The van der Waals surface area contributed by atoms with Crippen LogP contribution in [0.1, 0.15) is 36.8 Å². The Kier molecular flexibility index (Phi) is 4.35. The fourth-order valence-electron chi connectivity index (χ4n) is 1.88. The highest BCUT2D eigenvalue weighted by Gasteiger charge is 2.24. The van der Waals surface area contributed by atoms with E-state index in [1.54, 1.807) is 39.0 Å². The Balaban J connectivity index is 2.42. The molecule has 8 nitrogen and oxygen atoms in total. The summed E-state index contributed by atoms with van der Waals surface area (Å²) in [6, 6.07) is 7.21. The minimum atomic E-state index is -1.30. The van der Waals surface area contributed by atoms with E-state index in [0.717, 1.165) is 5.56 Å². The largest absolute Gasteiger partial charge is 0.476 e. The van der Waals surface area contributed by atoms with Gasteiger partial charge in [-0.25, -0.2) is 9.59 Å². The van der Waals surface area contributed by atoms with Gasteiger partial charge in [0.25, 0.3) is 0 Å². The maximum atomic E-state index is 12.0. The van der Waals surface area contributed by atoms with Crippen molar-refractivity contribution in [1.82, 2.24) is 15.0 Å². The van der Waals surface area contributed by atoms with Gasteiger partial charge < -0.3 is 9.84 Å². The van der Waals surface area contributed by atoms with Gasteiger partial charge in [-0.1, -0.05) is 17.3 Å². The van der Waals surface area contributed by atoms with Gasteiger partial charge >= 0.3 is 12.1 Å². The minimum Gasteiger partial charge on any atom is -0.476 e. The molecule has 0 saturated heterocycles. The molecular weight excluding hydrogens is 300 g/mol. The van der Waals surface area contributed by atoms with Crippen LogP contribution >= 0.6 is 0 Å². The number of hydrogen-bond donors (Lipinski definition) is 2. The topological polar surface area (TPSA) is 106 Å². The third kappa shape index (κ3) is 4.06. The highest BCUT2D eigenvalue weighted by molar-refractivity contribution is 5.96. The first-order chi connectivity index (χ1) is 10.7. The molecule has 0 aliphatic heterocycles. The maximum absolute atomic E-state index is 12.0. The molecule has 122 valence electrons. The van der Waals surface area contributed by atoms with Crippen molar-refractivity contribution in [1.29, 1.82) is 0 Å². The highest BCUT2D eigenvalue weighted by Crippen LogP contribution is 2.20. The lowest BCUT2D eigenvalue weighted by Crippen LogP contribution is -2.28. The number of amides is 1. The third-order valence-electron chi connectivity index (χ3n) is 2.74. The lowest BCUT2D eigenvalue weighted by Gasteiger charge is -2.19. The molecule has 0 aliphatic carbocycles. The number of aromatic carboxylic acids is 1. The molecule has 1 amide bonds. The Hall–Kier alpha value is -2.90. The number of nitrogens with one attached hydrogen (secondary N) is 1. The quantitative estimate of drug-likeness (QED) is 0.901. The van der Waals surface area contributed by atoms with E-state index >= 15 is 0 Å². The second kappa shape index (κ2) is 6.07. The summed E-state index contributed by atoms with van der Waals surface area (Å²) in [5.41, 5.74) is 0.459. The first-order valence-corrected chi connectivity index (χ1v) is 6.93. The van der Waals surface area contributed by atoms with Crippen molar-refractivity contribution in [3.63, 3.8) is 0 Å². The van der Waals surface area contributed by atoms with Crippen LogP contribution in [0.25, 0.3) is 5.69 Å². The molecule has 2 N–H and O–H groups in total. The van der Waals surface area contributed by atoms with Crippen molar-refractivity contribution in [3.05, 3.63) is 35.5 Å². The molecule has 1 aromatic heterocycles. The van der Waals surface area contributed by atoms with E-state index in [-0.39, 0.29) is 11.5 Å². The lowest BCUT2D eigenvalue weighted by atomic mass is 10.2. The zero-order chi connectivity index (χ0) is 17.2. The summed E-state index contributed by atoms with van der Waals surface area (Å²) in [6.45, 7) is 7.02. The maximum Gasteiger partial charge on any atom is 0.413 e. The molecule has 1 heterocycles. The minimum absolute atomic E-state index is 0.0580. The molecule has 0 atom stereocenters. The molecule has 0 fully saturated rings. The van der Waals surface area contributed by atoms with E-state index in [9.17, 15) is 14.7 Å². The number of carbonyl (C=O) groups is 2. The fourth-order valence-corrected chi connectivity index (χ4v) is 1.88. The number of aryl methyl sites for hydroxylation is 1. The number of carboxylic acids is 1. The summed E-state index contributed by atoms with van der Waals surface area (Å²) in [7, 11) is 0. The fraction of sp³-hybridized carbons (Fsp3) is 0.333. The number of nitrogens with zero attached hydrogens (tertiary/aromatic N) is 3. The van der Waals surface area contributed by atoms with Gasteiger partial charge in [-0.3, -0.25) is 5.32 Å². The van der Waals surface area contributed by atoms with Gasteiger partial charge in [0.05, 0.1) is 5.69 Å². The van der Waals surface area contributed by atoms with E-state index in [1.165, 1.54) is 4.68 Å². The summed E-state index contributed by atoms with van der Waals surface area (Å²) < 4.78 is 6.40. The van der Waals surface area contributed by atoms with Crippen LogP contribution < -0.4 is 5.32 Å². The summed E-state index contributed by atoms with van der Waals surface area (Å²) in [5, 5.41) is 19.1. The molecule has 0 saturated carbocycles. The molecule has 0 bridgehead atoms. The van der Waals surface area contributed by atoms with E-state index in [1.807, 2.05) is 13.0 Å². The van der Waals surface area contributed by atoms with Crippen LogP contribution in [0.2, 0.25) is 0 Å². The Labute approximate surface area is 133 Å². The van der Waals surface area contributed by atoms with Crippen LogP contribution in [-0.2, 0) is 4.74 Å². The van der Waals surface area contributed by atoms with Gasteiger partial charge in [-0.15, -0.1) is 5.10 Å². The summed E-state index contributed by atoms with van der Waals surface area (Å²) in [6.07, 6.45) is -0.781. The van der Waals surface area contributed by atoms with Crippen molar-refractivity contribution in [3.8, 4) is 5.69 Å². The summed E-state index contributed by atoms with van der Waals surface area (Å²) in [5.74, 6) is -1.35. The van der Waals surface area contributed by atoms with E-state index in [2.05, 4.69) is 15.6 Å². The number of anilines is 1. The van der Waals surface area contributed by atoms with Crippen molar-refractivity contribution in [2.24, 2.45) is 0 Å². The van der Waals surface area contributed by atoms with E-state index in [4.69, 9.17) is 4.74 Å². The number of hydrogen-bond acceptors (Lipinski definition) is 5. The first-order valence-electron chi connectivity index (χ1n) is 6.93. The molecule has 0 aliphatic rings. The zero-order valence-corrected chi connectivity index (χ0v) is 13.3. The van der Waals surface area contributed by atoms with Gasteiger partial charge in [0, 0.05) is 0 Å². The Morgan fingerprint density at radius 1 is 1.30 bits per heavy atom. The molecule has 0 radical (unpaired) electrons. The van der Waals surface area contributed by atoms with Gasteiger partial charge in [0.2, 0.25) is 5.69 Å². The van der Waals surface area contributed by atoms with E-state index in [0.29, 0.717) is 5.69 Å². The number of carboxylic acid groups (broad SMARTS) is 1. The lowest BCUT2D eigenvalue weighted by molar-refractivity contribution is 0.0635. The SMILES string of the molecule is Cc1cccc(-n2nnc(C(=O)O)c2NC(=O)OC(C)(C)C)c1. The molecular formula is C15H18N4O4. The summed E-state index contributed by atoms with van der Waals surface area (Å²) in [4.78, 5) is 23.2.